The molecule has 3 aromatic rings. The molecule has 108 valence electrons. The highest BCUT2D eigenvalue weighted by molar-refractivity contribution is 7.80. The monoisotopic (exact) mass is 299 g/mol. The average Bonchev–Trinajstić information content (AvgIpc) is 2.91. The van der Waals surface area contributed by atoms with Gasteiger partial charge in [0.25, 0.3) is 0 Å². The third-order valence-corrected chi connectivity index (χ3v) is 3.59. The molecule has 0 saturated carbocycles. The molecule has 0 aliphatic carbocycles. The van der Waals surface area contributed by atoms with Gasteiger partial charge in [-0.15, -0.1) is 0 Å². The molecule has 0 unspecified atom stereocenters. The minimum absolute atomic E-state index is 0.646. The average molecular weight is 299 g/mol. The largest absolute Gasteiger partial charge is 0.493 e. The maximum Gasteiger partial charge on any atom is 0.170 e. The molecule has 2 aromatic carbocycles. The molecule has 0 bridgehead atoms. The van der Waals surface area contributed by atoms with Crippen LogP contribution in [0.25, 0.3) is 11.0 Å². The van der Waals surface area contributed by atoms with Gasteiger partial charge in [-0.2, -0.15) is 12.6 Å². The summed E-state index contributed by atoms with van der Waals surface area (Å²) in [5.41, 5.74) is 2.99. The predicted octanol–water partition coefficient (Wildman–Crippen LogP) is 3.92. The topological polar surface area (TPSA) is 35.3 Å². The van der Waals surface area contributed by atoms with E-state index in [1.165, 1.54) is 5.56 Å². The van der Waals surface area contributed by atoms with Crippen LogP contribution < -0.4 is 4.74 Å². The molecule has 3 rings (SSSR count). The second-order valence-corrected chi connectivity index (χ2v) is 5.29. The van der Waals surface area contributed by atoms with Crippen LogP contribution in [0.5, 0.6) is 5.75 Å². The van der Waals surface area contributed by atoms with E-state index in [1.807, 2.05) is 36.4 Å². The van der Waals surface area contributed by atoms with Gasteiger partial charge in [-0.3, -0.25) is 0 Å². The van der Waals surface area contributed by atoms with Crippen LogP contribution in [-0.2, 0) is 12.8 Å². The molecule has 0 aliphatic heterocycles. The molecule has 21 heavy (non-hydrogen) atoms. The van der Waals surface area contributed by atoms with Gasteiger partial charge in [-0.1, -0.05) is 35.5 Å². The third-order valence-electron chi connectivity index (χ3n) is 3.37. The smallest absolute Gasteiger partial charge is 0.170 e. The van der Waals surface area contributed by atoms with Crippen molar-refractivity contribution in [2.75, 3.05) is 12.4 Å². The molecule has 0 fully saturated rings. The van der Waals surface area contributed by atoms with Crippen LogP contribution in [0.4, 0.5) is 0 Å². The highest BCUT2D eigenvalue weighted by Crippen LogP contribution is 2.24. The zero-order chi connectivity index (χ0) is 14.5. The molecular formula is C17H17NO2S. The van der Waals surface area contributed by atoms with Crippen LogP contribution in [0.15, 0.2) is 53.1 Å². The summed E-state index contributed by atoms with van der Waals surface area (Å²) < 4.78 is 11.1. The molecule has 0 aliphatic rings. The van der Waals surface area contributed by atoms with Crippen LogP contribution in [0.2, 0.25) is 0 Å². The van der Waals surface area contributed by atoms with Crippen molar-refractivity contribution < 1.29 is 9.26 Å². The van der Waals surface area contributed by atoms with Gasteiger partial charge >= 0.3 is 0 Å². The first-order valence-corrected chi connectivity index (χ1v) is 7.66. The Labute approximate surface area is 129 Å². The van der Waals surface area contributed by atoms with Crippen molar-refractivity contribution in [3.63, 3.8) is 0 Å². The van der Waals surface area contributed by atoms with E-state index in [0.717, 1.165) is 41.0 Å². The lowest BCUT2D eigenvalue weighted by Gasteiger charge is -2.06. The Bertz CT molecular complexity index is 709. The van der Waals surface area contributed by atoms with Crippen LogP contribution in [0.1, 0.15) is 11.3 Å². The van der Waals surface area contributed by atoms with Crippen molar-refractivity contribution in [1.82, 2.24) is 5.16 Å². The summed E-state index contributed by atoms with van der Waals surface area (Å²) in [5, 5.41) is 5.12. The molecular weight excluding hydrogens is 282 g/mol. The number of aryl methyl sites for hydroxylation is 1. The molecule has 0 N–H and O–H groups in total. The van der Waals surface area contributed by atoms with Crippen molar-refractivity contribution in [1.29, 1.82) is 0 Å². The highest BCUT2D eigenvalue weighted by Gasteiger charge is 2.08. The molecule has 1 aromatic heterocycles. The number of fused-ring (bicyclic) bond motifs is 1. The lowest BCUT2D eigenvalue weighted by Crippen LogP contribution is -2.00. The molecule has 1 heterocycles. The maximum atomic E-state index is 5.78. The number of rotatable bonds is 6. The summed E-state index contributed by atoms with van der Waals surface area (Å²) >= 11 is 4.23. The first kappa shape index (κ1) is 14.0. The quantitative estimate of drug-likeness (QED) is 0.701. The number of ether oxygens (including phenoxy) is 1. The molecule has 3 nitrogen and oxygen atoms in total. The van der Waals surface area contributed by atoms with Crippen molar-refractivity contribution in [3.05, 3.63) is 59.8 Å². The first-order valence-electron chi connectivity index (χ1n) is 7.03. The van der Waals surface area contributed by atoms with E-state index < -0.39 is 0 Å². The molecule has 0 atom stereocenters. The van der Waals surface area contributed by atoms with E-state index in [4.69, 9.17) is 9.26 Å². The van der Waals surface area contributed by atoms with E-state index in [-0.39, 0.29) is 0 Å². The summed E-state index contributed by atoms with van der Waals surface area (Å²) in [5.74, 6) is 1.57. The predicted molar refractivity (Wildman–Crippen MR) is 87.2 cm³/mol. The van der Waals surface area contributed by atoms with E-state index in [9.17, 15) is 0 Å². The maximum absolute atomic E-state index is 5.78. The van der Waals surface area contributed by atoms with E-state index >= 15 is 0 Å². The van der Waals surface area contributed by atoms with Gasteiger partial charge < -0.3 is 9.26 Å². The summed E-state index contributed by atoms with van der Waals surface area (Å²) in [6.07, 6.45) is 1.70. The van der Waals surface area contributed by atoms with Crippen LogP contribution in [0.3, 0.4) is 0 Å². The molecule has 0 saturated heterocycles. The van der Waals surface area contributed by atoms with Gasteiger partial charge in [0.05, 0.1) is 12.3 Å². The normalized spacial score (nSPS) is 10.9. The van der Waals surface area contributed by atoms with Crippen molar-refractivity contribution in [3.8, 4) is 5.75 Å². The van der Waals surface area contributed by atoms with Crippen LogP contribution >= 0.6 is 12.6 Å². The van der Waals surface area contributed by atoms with E-state index in [2.05, 4.69) is 29.9 Å². The zero-order valence-corrected chi connectivity index (χ0v) is 12.6. The Kier molecular flexibility index (Phi) is 4.46. The fourth-order valence-electron chi connectivity index (χ4n) is 2.28. The lowest BCUT2D eigenvalue weighted by atomic mass is 10.1. The fraction of sp³-hybridized carbons (Fsp3) is 0.235. The van der Waals surface area contributed by atoms with Gasteiger partial charge in [0.1, 0.15) is 5.75 Å². The molecule has 0 spiro atoms. The fourth-order valence-corrected chi connectivity index (χ4v) is 2.49. The minimum atomic E-state index is 0.646. The zero-order valence-electron chi connectivity index (χ0n) is 11.7. The minimum Gasteiger partial charge on any atom is -0.493 e. The van der Waals surface area contributed by atoms with Crippen LogP contribution in [-0.4, -0.2) is 17.5 Å². The number of hydrogen-bond acceptors (Lipinski definition) is 4. The lowest BCUT2D eigenvalue weighted by molar-refractivity contribution is 0.321. The summed E-state index contributed by atoms with van der Waals surface area (Å²) in [6, 6.07) is 16.2. The number of benzene rings is 2. The Morgan fingerprint density at radius 2 is 1.90 bits per heavy atom. The van der Waals surface area contributed by atoms with Gasteiger partial charge in [0.2, 0.25) is 0 Å². The summed E-state index contributed by atoms with van der Waals surface area (Å²) in [7, 11) is 0. The van der Waals surface area contributed by atoms with Gasteiger partial charge in [0.15, 0.2) is 5.58 Å². The van der Waals surface area contributed by atoms with Gasteiger partial charge in [-0.05, 0) is 23.4 Å². The van der Waals surface area contributed by atoms with E-state index in [0.29, 0.717) is 6.61 Å². The van der Waals surface area contributed by atoms with Crippen molar-refractivity contribution >= 4 is 23.6 Å². The Morgan fingerprint density at radius 1 is 1.05 bits per heavy atom. The second kappa shape index (κ2) is 6.68. The molecule has 0 radical (unpaired) electrons. The summed E-state index contributed by atoms with van der Waals surface area (Å²) in [4.78, 5) is 0. The first-order chi connectivity index (χ1) is 10.4. The molecule has 0 amide bonds. The van der Waals surface area contributed by atoms with Crippen LogP contribution in [0, 0.1) is 0 Å². The number of hydrogen-bond donors (Lipinski definition) is 1. The van der Waals surface area contributed by atoms with Crippen molar-refractivity contribution in [2.45, 2.75) is 12.8 Å². The third kappa shape index (κ3) is 3.39. The van der Waals surface area contributed by atoms with Gasteiger partial charge in [-0.25, -0.2) is 0 Å². The van der Waals surface area contributed by atoms with Gasteiger partial charge in [0, 0.05) is 24.3 Å². The number of nitrogens with zero attached hydrogens (tertiary/aromatic N) is 1. The van der Waals surface area contributed by atoms with E-state index in [1.54, 1.807) is 0 Å². The Morgan fingerprint density at radius 3 is 2.71 bits per heavy atom. The Hall–Kier alpha value is -1.94. The standard InChI is InChI=1S/C17H17NO2S/c21-11-9-16-15-7-6-14(12-17(15)20-18-16)19-10-8-13-4-2-1-3-5-13/h1-7,12,21H,8-11H2. The number of thiol groups is 1. The highest BCUT2D eigenvalue weighted by atomic mass is 32.1. The Balaban J connectivity index is 1.65. The summed E-state index contributed by atoms with van der Waals surface area (Å²) in [6.45, 7) is 0.646. The SMILES string of the molecule is SCCc1noc2cc(OCCc3ccccc3)ccc12. The second-order valence-electron chi connectivity index (χ2n) is 4.84. The number of aromatic nitrogens is 1. The van der Waals surface area contributed by atoms with Crippen molar-refractivity contribution in [2.24, 2.45) is 0 Å². The molecule has 4 heteroatoms.